The molecular weight excluding hydrogens is 397 g/mol. The van der Waals surface area contributed by atoms with Crippen molar-refractivity contribution >= 4 is 23.5 Å². The molecule has 1 amide bonds. The summed E-state index contributed by atoms with van der Waals surface area (Å²) in [6.07, 6.45) is 2.67. The molecule has 0 heterocycles. The van der Waals surface area contributed by atoms with Gasteiger partial charge in [-0.3, -0.25) is 9.59 Å². The predicted molar refractivity (Wildman–Crippen MR) is 105 cm³/mol. The van der Waals surface area contributed by atoms with E-state index >= 15 is 0 Å². The van der Waals surface area contributed by atoms with E-state index in [9.17, 15) is 14.0 Å². The van der Waals surface area contributed by atoms with Gasteiger partial charge in [0.2, 0.25) is 0 Å². The predicted octanol–water partition coefficient (Wildman–Crippen LogP) is 4.03. The second-order valence-electron chi connectivity index (χ2n) is 8.05. The van der Waals surface area contributed by atoms with E-state index in [0.29, 0.717) is 6.42 Å². The average Bonchev–Trinajstić information content (AvgIpc) is 2.65. The highest BCUT2D eigenvalue weighted by atomic mass is 35.5. The van der Waals surface area contributed by atoms with Crippen molar-refractivity contribution < 1.29 is 23.5 Å². The Balaban J connectivity index is 1.17. The molecule has 2 aromatic carbocycles. The summed E-state index contributed by atoms with van der Waals surface area (Å²) in [5.74, 6) is -0.816. The number of nitrogens with one attached hydrogen (secondary N) is 1. The number of rotatable bonds is 8. The van der Waals surface area contributed by atoms with Crippen molar-refractivity contribution in [2.45, 2.75) is 37.8 Å². The van der Waals surface area contributed by atoms with Crippen LogP contribution in [0.4, 0.5) is 4.39 Å². The van der Waals surface area contributed by atoms with Crippen LogP contribution in [0, 0.1) is 11.2 Å². The third-order valence-corrected chi connectivity index (χ3v) is 5.87. The van der Waals surface area contributed by atoms with E-state index in [1.807, 2.05) is 30.3 Å². The Labute approximate surface area is 173 Å². The highest BCUT2D eigenvalue weighted by molar-refractivity contribution is 6.30. The standard InChI is InChI=1S/C22H21ClFNO4/c23-17-7-6-16(8-18(17)24)28-11-19(26)25-22-12-21(13-22,14-22)9-20(27)29-10-15-4-2-1-3-5-15/h1-8H,9-14H2,(H,25,26). The molecule has 0 aliphatic heterocycles. The normalized spacial score (nSPS) is 24.1. The van der Waals surface area contributed by atoms with Crippen molar-refractivity contribution in [2.75, 3.05) is 6.61 Å². The second kappa shape index (κ2) is 7.67. The van der Waals surface area contributed by atoms with E-state index in [1.165, 1.54) is 12.1 Å². The Morgan fingerprint density at radius 3 is 2.52 bits per heavy atom. The number of hydrogen-bond donors (Lipinski definition) is 1. The van der Waals surface area contributed by atoms with Crippen LogP contribution in [-0.4, -0.2) is 24.0 Å². The van der Waals surface area contributed by atoms with Gasteiger partial charge in [-0.15, -0.1) is 0 Å². The van der Waals surface area contributed by atoms with E-state index in [0.717, 1.165) is 30.9 Å². The molecule has 3 fully saturated rings. The summed E-state index contributed by atoms with van der Waals surface area (Å²) in [5.41, 5.74) is 0.662. The minimum Gasteiger partial charge on any atom is -0.484 e. The molecule has 3 saturated carbocycles. The molecule has 1 N–H and O–H groups in total. The van der Waals surface area contributed by atoms with Gasteiger partial charge in [0.25, 0.3) is 5.91 Å². The van der Waals surface area contributed by atoms with Crippen molar-refractivity contribution in [3.05, 3.63) is 64.9 Å². The third-order valence-electron chi connectivity index (χ3n) is 5.57. The molecule has 3 aliphatic rings. The zero-order valence-corrected chi connectivity index (χ0v) is 16.5. The molecule has 5 rings (SSSR count). The minimum absolute atomic E-state index is 0.00302. The fraction of sp³-hybridized carbons (Fsp3) is 0.364. The van der Waals surface area contributed by atoms with Crippen molar-refractivity contribution in [3.8, 4) is 5.75 Å². The average molecular weight is 418 g/mol. The van der Waals surface area contributed by atoms with Gasteiger partial charge in [-0.2, -0.15) is 0 Å². The topological polar surface area (TPSA) is 64.6 Å². The molecule has 0 spiro atoms. The maximum atomic E-state index is 13.4. The number of hydrogen-bond acceptors (Lipinski definition) is 4. The van der Waals surface area contributed by atoms with Crippen LogP contribution in [0.5, 0.6) is 5.75 Å². The molecule has 0 radical (unpaired) electrons. The number of ether oxygens (including phenoxy) is 2. The molecule has 0 atom stereocenters. The fourth-order valence-corrected chi connectivity index (χ4v) is 4.58. The van der Waals surface area contributed by atoms with Crippen LogP contribution in [0.3, 0.4) is 0 Å². The van der Waals surface area contributed by atoms with Crippen LogP contribution < -0.4 is 10.1 Å². The van der Waals surface area contributed by atoms with Crippen LogP contribution >= 0.6 is 11.6 Å². The second-order valence-corrected chi connectivity index (χ2v) is 8.45. The molecule has 2 aromatic rings. The Morgan fingerprint density at radius 2 is 1.83 bits per heavy atom. The molecule has 0 aromatic heterocycles. The third kappa shape index (κ3) is 4.37. The van der Waals surface area contributed by atoms with Crippen molar-refractivity contribution in [3.63, 3.8) is 0 Å². The Hall–Kier alpha value is -2.60. The van der Waals surface area contributed by atoms with Crippen molar-refractivity contribution in [1.29, 1.82) is 0 Å². The SMILES string of the molecule is O=C(COc1ccc(Cl)c(F)c1)NC12CC(CC(=O)OCc3ccccc3)(C1)C2. The van der Waals surface area contributed by atoms with Gasteiger partial charge in [0.05, 0.1) is 11.4 Å². The number of benzene rings is 2. The lowest BCUT2D eigenvalue weighted by Crippen LogP contribution is -2.75. The summed E-state index contributed by atoms with van der Waals surface area (Å²) in [6.45, 7) is 0.0786. The van der Waals surface area contributed by atoms with Crippen LogP contribution in [-0.2, 0) is 20.9 Å². The van der Waals surface area contributed by atoms with Crippen LogP contribution in [0.25, 0.3) is 0 Å². The van der Waals surface area contributed by atoms with Gasteiger partial charge in [-0.05, 0) is 42.4 Å². The smallest absolute Gasteiger partial charge is 0.306 e. The number of halogens is 2. The molecule has 29 heavy (non-hydrogen) atoms. The number of carbonyl (C=O) groups is 2. The van der Waals surface area contributed by atoms with Crippen molar-refractivity contribution in [2.24, 2.45) is 5.41 Å². The van der Waals surface area contributed by atoms with E-state index < -0.39 is 5.82 Å². The highest BCUT2D eigenvalue weighted by Gasteiger charge is 2.68. The van der Waals surface area contributed by atoms with Crippen LogP contribution in [0.2, 0.25) is 5.02 Å². The summed E-state index contributed by atoms with van der Waals surface area (Å²) in [7, 11) is 0. The first-order valence-corrected chi connectivity index (χ1v) is 9.83. The summed E-state index contributed by atoms with van der Waals surface area (Å²) in [5, 5.41) is 2.98. The molecular formula is C22H21ClFNO4. The monoisotopic (exact) mass is 417 g/mol. The van der Waals surface area contributed by atoms with Gasteiger partial charge in [-0.1, -0.05) is 41.9 Å². The van der Waals surface area contributed by atoms with E-state index in [-0.39, 0.29) is 46.8 Å². The summed E-state index contributed by atoms with van der Waals surface area (Å²) in [6, 6.07) is 13.6. The van der Waals surface area contributed by atoms with E-state index in [1.54, 1.807) is 0 Å². The largest absolute Gasteiger partial charge is 0.484 e. The molecule has 7 heteroatoms. The molecule has 0 unspecified atom stereocenters. The summed E-state index contributed by atoms with van der Waals surface area (Å²) >= 11 is 5.62. The van der Waals surface area contributed by atoms with Gasteiger partial charge < -0.3 is 14.8 Å². The molecule has 0 saturated heterocycles. The fourth-order valence-electron chi connectivity index (χ4n) is 4.46. The highest BCUT2D eigenvalue weighted by Crippen LogP contribution is 2.69. The first-order chi connectivity index (χ1) is 13.9. The van der Waals surface area contributed by atoms with E-state index in [2.05, 4.69) is 5.32 Å². The molecule has 3 aliphatic carbocycles. The molecule has 5 nitrogen and oxygen atoms in total. The van der Waals surface area contributed by atoms with Crippen LogP contribution in [0.1, 0.15) is 31.2 Å². The summed E-state index contributed by atoms with van der Waals surface area (Å²) < 4.78 is 24.1. The Bertz CT molecular complexity index is 914. The lowest BCUT2D eigenvalue weighted by atomic mass is 9.38. The first kappa shape index (κ1) is 19.7. The minimum atomic E-state index is -0.593. The van der Waals surface area contributed by atoms with Gasteiger partial charge >= 0.3 is 5.97 Å². The lowest BCUT2D eigenvalue weighted by Gasteiger charge is -2.70. The zero-order valence-electron chi connectivity index (χ0n) is 15.8. The van der Waals surface area contributed by atoms with Gasteiger partial charge in [0, 0.05) is 11.6 Å². The first-order valence-electron chi connectivity index (χ1n) is 9.46. The number of carbonyl (C=O) groups excluding carboxylic acids is 2. The number of amides is 1. The van der Waals surface area contributed by atoms with Gasteiger partial charge in [0.15, 0.2) is 6.61 Å². The molecule has 2 bridgehead atoms. The number of esters is 1. The summed E-state index contributed by atoms with van der Waals surface area (Å²) in [4.78, 5) is 24.3. The zero-order chi connectivity index (χ0) is 20.5. The maximum Gasteiger partial charge on any atom is 0.306 e. The van der Waals surface area contributed by atoms with Gasteiger partial charge in [-0.25, -0.2) is 4.39 Å². The Morgan fingerprint density at radius 1 is 1.10 bits per heavy atom. The van der Waals surface area contributed by atoms with Gasteiger partial charge in [0.1, 0.15) is 18.2 Å². The molecule has 152 valence electrons. The quantitative estimate of drug-likeness (QED) is 0.658. The maximum absolute atomic E-state index is 13.4. The lowest BCUT2D eigenvalue weighted by molar-refractivity contribution is -0.183. The van der Waals surface area contributed by atoms with Crippen LogP contribution in [0.15, 0.2) is 48.5 Å². The Kier molecular flexibility index (Phi) is 5.21. The van der Waals surface area contributed by atoms with Crippen molar-refractivity contribution in [1.82, 2.24) is 5.32 Å². The van der Waals surface area contributed by atoms with E-state index in [4.69, 9.17) is 21.1 Å².